The molecule has 3 nitrogen and oxygen atoms in total. The molecule has 0 aliphatic heterocycles. The van der Waals surface area contributed by atoms with Crippen molar-refractivity contribution in [1.82, 2.24) is 4.90 Å². The van der Waals surface area contributed by atoms with Gasteiger partial charge in [0.1, 0.15) is 0 Å². The minimum Gasteiger partial charge on any atom is -0.389 e. The average molecular weight is 200 g/mol. The molecule has 0 aromatic heterocycles. The summed E-state index contributed by atoms with van der Waals surface area (Å²) in [5.41, 5.74) is 4.81. The summed E-state index contributed by atoms with van der Waals surface area (Å²) in [5, 5.41) is 9.79. The first-order chi connectivity index (χ1) is 6.59. The SMILES string of the molecule is CCCN(CCC(C)(O)CN)C1CC1. The molecule has 0 spiro atoms. The van der Waals surface area contributed by atoms with Crippen molar-refractivity contribution in [3.63, 3.8) is 0 Å². The van der Waals surface area contributed by atoms with Gasteiger partial charge in [0.05, 0.1) is 5.60 Å². The zero-order chi connectivity index (χ0) is 10.6. The predicted molar refractivity (Wildman–Crippen MR) is 59.2 cm³/mol. The summed E-state index contributed by atoms with van der Waals surface area (Å²) in [6, 6.07) is 0.795. The average Bonchev–Trinajstić information content (AvgIpc) is 2.95. The molecule has 84 valence electrons. The van der Waals surface area contributed by atoms with Crippen LogP contribution in [-0.4, -0.2) is 41.3 Å². The van der Waals surface area contributed by atoms with Crippen LogP contribution < -0.4 is 5.73 Å². The minimum atomic E-state index is -0.680. The lowest BCUT2D eigenvalue weighted by atomic mass is 10.0. The Hall–Kier alpha value is -0.120. The molecule has 0 saturated heterocycles. The van der Waals surface area contributed by atoms with E-state index in [0.29, 0.717) is 6.54 Å². The third kappa shape index (κ3) is 3.95. The molecule has 0 aromatic rings. The van der Waals surface area contributed by atoms with Crippen LogP contribution in [0.15, 0.2) is 0 Å². The lowest BCUT2D eigenvalue weighted by Crippen LogP contribution is -2.39. The Bertz CT molecular complexity index is 167. The van der Waals surface area contributed by atoms with Gasteiger partial charge in [-0.2, -0.15) is 0 Å². The van der Waals surface area contributed by atoms with Gasteiger partial charge < -0.3 is 15.7 Å². The number of hydrogen-bond donors (Lipinski definition) is 2. The molecule has 14 heavy (non-hydrogen) atoms. The largest absolute Gasteiger partial charge is 0.389 e. The molecule has 3 heteroatoms. The maximum atomic E-state index is 9.79. The Morgan fingerprint density at radius 1 is 1.43 bits per heavy atom. The van der Waals surface area contributed by atoms with E-state index >= 15 is 0 Å². The summed E-state index contributed by atoms with van der Waals surface area (Å²) < 4.78 is 0. The van der Waals surface area contributed by atoms with Crippen LogP contribution in [0.1, 0.15) is 39.5 Å². The van der Waals surface area contributed by atoms with Crippen LogP contribution in [0.25, 0.3) is 0 Å². The lowest BCUT2D eigenvalue weighted by Gasteiger charge is -2.27. The molecule has 3 N–H and O–H groups in total. The van der Waals surface area contributed by atoms with E-state index in [1.807, 2.05) is 6.92 Å². The zero-order valence-corrected chi connectivity index (χ0v) is 9.50. The highest BCUT2D eigenvalue weighted by Gasteiger charge is 2.29. The van der Waals surface area contributed by atoms with Crippen molar-refractivity contribution in [1.29, 1.82) is 0 Å². The fourth-order valence-corrected chi connectivity index (χ4v) is 1.69. The highest BCUT2D eigenvalue weighted by Crippen LogP contribution is 2.27. The quantitative estimate of drug-likeness (QED) is 0.643. The van der Waals surface area contributed by atoms with E-state index in [4.69, 9.17) is 5.73 Å². The normalized spacial score (nSPS) is 21.2. The van der Waals surface area contributed by atoms with E-state index < -0.39 is 5.60 Å². The van der Waals surface area contributed by atoms with Crippen LogP contribution in [0.3, 0.4) is 0 Å². The van der Waals surface area contributed by atoms with Crippen LogP contribution in [0.4, 0.5) is 0 Å². The van der Waals surface area contributed by atoms with Gasteiger partial charge in [-0.1, -0.05) is 6.92 Å². The van der Waals surface area contributed by atoms with E-state index in [9.17, 15) is 5.11 Å². The second kappa shape index (κ2) is 5.10. The van der Waals surface area contributed by atoms with Gasteiger partial charge in [-0.25, -0.2) is 0 Å². The van der Waals surface area contributed by atoms with Gasteiger partial charge in [-0.3, -0.25) is 0 Å². The molecule has 0 amide bonds. The maximum absolute atomic E-state index is 9.79. The number of aliphatic hydroxyl groups is 1. The fraction of sp³-hybridized carbons (Fsp3) is 1.00. The molecule has 0 aromatic carbocycles. The van der Waals surface area contributed by atoms with Crippen LogP contribution >= 0.6 is 0 Å². The topological polar surface area (TPSA) is 49.5 Å². The summed E-state index contributed by atoms with van der Waals surface area (Å²) in [7, 11) is 0. The first kappa shape index (κ1) is 12.0. The smallest absolute Gasteiger partial charge is 0.0753 e. The van der Waals surface area contributed by atoms with E-state index in [1.54, 1.807) is 0 Å². The molecule has 1 aliphatic rings. The summed E-state index contributed by atoms with van der Waals surface area (Å²) in [4.78, 5) is 2.49. The fourth-order valence-electron chi connectivity index (χ4n) is 1.69. The molecule has 1 rings (SSSR count). The number of nitrogens with two attached hydrogens (primary N) is 1. The second-order valence-electron chi connectivity index (χ2n) is 4.72. The second-order valence-corrected chi connectivity index (χ2v) is 4.72. The molecule has 1 unspecified atom stereocenters. The molecule has 1 atom stereocenters. The van der Waals surface area contributed by atoms with Crippen molar-refractivity contribution in [2.75, 3.05) is 19.6 Å². The van der Waals surface area contributed by atoms with E-state index in [2.05, 4.69) is 11.8 Å². The molecule has 0 radical (unpaired) electrons. The van der Waals surface area contributed by atoms with E-state index in [1.165, 1.54) is 19.3 Å². The van der Waals surface area contributed by atoms with Gasteiger partial charge in [0, 0.05) is 19.1 Å². The minimum absolute atomic E-state index is 0.359. The van der Waals surface area contributed by atoms with Crippen LogP contribution in [0, 0.1) is 0 Å². The van der Waals surface area contributed by atoms with Gasteiger partial charge in [0.2, 0.25) is 0 Å². The molecule has 0 heterocycles. The predicted octanol–water partition coefficient (Wildman–Crippen LogP) is 0.961. The summed E-state index contributed by atoms with van der Waals surface area (Å²) in [6.45, 7) is 6.53. The van der Waals surface area contributed by atoms with Crippen molar-refractivity contribution in [3.8, 4) is 0 Å². The Morgan fingerprint density at radius 3 is 2.50 bits per heavy atom. The third-order valence-corrected chi connectivity index (χ3v) is 2.95. The van der Waals surface area contributed by atoms with Crippen molar-refractivity contribution in [2.24, 2.45) is 5.73 Å². The van der Waals surface area contributed by atoms with Gasteiger partial charge >= 0.3 is 0 Å². The summed E-state index contributed by atoms with van der Waals surface area (Å²) in [5.74, 6) is 0. The lowest BCUT2D eigenvalue weighted by molar-refractivity contribution is 0.0466. The Kier molecular flexibility index (Phi) is 4.35. The molecule has 1 aliphatic carbocycles. The Morgan fingerprint density at radius 2 is 2.07 bits per heavy atom. The van der Waals surface area contributed by atoms with Crippen LogP contribution in [0.2, 0.25) is 0 Å². The maximum Gasteiger partial charge on any atom is 0.0753 e. The van der Waals surface area contributed by atoms with Crippen LogP contribution in [0.5, 0.6) is 0 Å². The molecule has 0 bridgehead atoms. The molecule has 1 fully saturated rings. The van der Waals surface area contributed by atoms with Crippen LogP contribution in [-0.2, 0) is 0 Å². The summed E-state index contributed by atoms with van der Waals surface area (Å²) in [6.07, 6.45) is 4.66. The van der Waals surface area contributed by atoms with Gasteiger partial charge in [-0.15, -0.1) is 0 Å². The summed E-state index contributed by atoms with van der Waals surface area (Å²) >= 11 is 0. The molecule has 1 saturated carbocycles. The highest BCUT2D eigenvalue weighted by molar-refractivity contribution is 4.86. The van der Waals surface area contributed by atoms with Gasteiger partial charge in [0.15, 0.2) is 0 Å². The van der Waals surface area contributed by atoms with Crippen molar-refractivity contribution >= 4 is 0 Å². The standard InChI is InChI=1S/C11H24N2O/c1-3-7-13(10-4-5-10)8-6-11(2,14)9-12/h10,14H,3-9,12H2,1-2H3. The number of hydrogen-bond acceptors (Lipinski definition) is 3. The Labute approximate surface area is 87.3 Å². The first-order valence-electron chi connectivity index (χ1n) is 5.75. The van der Waals surface area contributed by atoms with E-state index in [0.717, 1.165) is 25.6 Å². The van der Waals surface area contributed by atoms with Gasteiger partial charge in [-0.05, 0) is 39.2 Å². The van der Waals surface area contributed by atoms with Crippen molar-refractivity contribution < 1.29 is 5.11 Å². The van der Waals surface area contributed by atoms with Crippen molar-refractivity contribution in [3.05, 3.63) is 0 Å². The zero-order valence-electron chi connectivity index (χ0n) is 9.50. The molecular weight excluding hydrogens is 176 g/mol. The third-order valence-electron chi connectivity index (χ3n) is 2.95. The number of rotatable bonds is 7. The van der Waals surface area contributed by atoms with Crippen molar-refractivity contribution in [2.45, 2.75) is 51.2 Å². The highest BCUT2D eigenvalue weighted by atomic mass is 16.3. The number of nitrogens with zero attached hydrogens (tertiary/aromatic N) is 1. The van der Waals surface area contributed by atoms with Gasteiger partial charge in [0.25, 0.3) is 0 Å². The Balaban J connectivity index is 2.25. The molecular formula is C11H24N2O. The first-order valence-corrected chi connectivity index (χ1v) is 5.75. The van der Waals surface area contributed by atoms with E-state index in [-0.39, 0.29) is 0 Å². The monoisotopic (exact) mass is 200 g/mol.